The lowest BCUT2D eigenvalue weighted by molar-refractivity contribution is -0.120. The van der Waals surface area contributed by atoms with Gasteiger partial charge in [0.1, 0.15) is 11.6 Å². The van der Waals surface area contributed by atoms with Crippen LogP contribution in [0.2, 0.25) is 0 Å². The number of carbonyl (C=O) groups excluding carboxylic acids is 1. The van der Waals surface area contributed by atoms with Gasteiger partial charge in [-0.15, -0.1) is 11.3 Å². The molecule has 0 saturated carbocycles. The van der Waals surface area contributed by atoms with Gasteiger partial charge in [-0.1, -0.05) is 0 Å². The molecule has 94 valence electrons. The fraction of sp³-hybridized carbons (Fsp3) is 0.231. The van der Waals surface area contributed by atoms with E-state index in [1.54, 1.807) is 17.5 Å². The molecule has 0 unspecified atom stereocenters. The van der Waals surface area contributed by atoms with Crippen LogP contribution in [0.25, 0.3) is 10.6 Å². The molecule has 5 heteroatoms. The Kier molecular flexibility index (Phi) is 4.44. The second-order valence-electron chi connectivity index (χ2n) is 3.60. The van der Waals surface area contributed by atoms with E-state index in [0.29, 0.717) is 6.61 Å². The minimum absolute atomic E-state index is 0.0880. The summed E-state index contributed by atoms with van der Waals surface area (Å²) in [6.07, 6.45) is 1.78. The fourth-order valence-electron chi connectivity index (χ4n) is 1.45. The lowest BCUT2D eigenvalue weighted by Crippen LogP contribution is -2.18. The van der Waals surface area contributed by atoms with Crippen LogP contribution in [0.15, 0.2) is 35.8 Å². The number of thiazole rings is 1. The molecule has 0 aliphatic carbocycles. The number of nitrogens with zero attached hydrogens (tertiary/aromatic N) is 1. The number of carbonyl (C=O) groups is 1. The Morgan fingerprint density at radius 1 is 1.39 bits per heavy atom. The van der Waals surface area contributed by atoms with Gasteiger partial charge in [0.05, 0.1) is 0 Å². The van der Waals surface area contributed by atoms with E-state index in [2.05, 4.69) is 10.3 Å². The maximum absolute atomic E-state index is 11.4. The second kappa shape index (κ2) is 6.28. The van der Waals surface area contributed by atoms with Crippen molar-refractivity contribution in [2.24, 2.45) is 0 Å². The molecule has 0 fully saturated rings. The first kappa shape index (κ1) is 12.7. The van der Waals surface area contributed by atoms with Crippen LogP contribution in [0.1, 0.15) is 6.92 Å². The molecule has 0 atom stereocenters. The van der Waals surface area contributed by atoms with E-state index in [4.69, 9.17) is 4.74 Å². The Labute approximate surface area is 110 Å². The van der Waals surface area contributed by atoms with Gasteiger partial charge in [0.25, 0.3) is 0 Å². The van der Waals surface area contributed by atoms with Crippen molar-refractivity contribution in [3.63, 3.8) is 0 Å². The number of hydrogen-bond donors (Lipinski definition) is 1. The molecule has 2 rings (SSSR count). The second-order valence-corrected chi connectivity index (χ2v) is 4.49. The van der Waals surface area contributed by atoms with Crippen LogP contribution < -0.4 is 5.32 Å². The zero-order valence-corrected chi connectivity index (χ0v) is 10.9. The summed E-state index contributed by atoms with van der Waals surface area (Å²) in [7, 11) is 0. The van der Waals surface area contributed by atoms with Crippen molar-refractivity contribution in [1.29, 1.82) is 0 Å². The number of benzene rings is 1. The first-order valence-electron chi connectivity index (χ1n) is 5.67. The molecule has 0 saturated heterocycles. The van der Waals surface area contributed by atoms with E-state index in [1.165, 1.54) is 0 Å². The van der Waals surface area contributed by atoms with E-state index in [1.807, 2.05) is 36.6 Å². The predicted octanol–water partition coefficient (Wildman–Crippen LogP) is 2.79. The first-order chi connectivity index (χ1) is 8.79. The van der Waals surface area contributed by atoms with Gasteiger partial charge in [-0.2, -0.15) is 0 Å². The summed E-state index contributed by atoms with van der Waals surface area (Å²) in [5, 5.41) is 5.68. The number of anilines is 1. The van der Waals surface area contributed by atoms with Gasteiger partial charge in [-0.25, -0.2) is 4.98 Å². The molecule has 1 N–H and O–H groups in total. The zero-order chi connectivity index (χ0) is 12.8. The molecule has 0 bridgehead atoms. The Morgan fingerprint density at radius 3 is 2.78 bits per heavy atom. The smallest absolute Gasteiger partial charge is 0.250 e. The summed E-state index contributed by atoms with van der Waals surface area (Å²) in [5.74, 6) is -0.140. The van der Waals surface area contributed by atoms with E-state index in [-0.39, 0.29) is 12.5 Å². The molecule has 2 aromatic rings. The molecular weight excluding hydrogens is 248 g/mol. The summed E-state index contributed by atoms with van der Waals surface area (Å²) in [6, 6.07) is 7.60. The molecule has 4 nitrogen and oxygen atoms in total. The van der Waals surface area contributed by atoms with Crippen molar-refractivity contribution in [3.8, 4) is 10.6 Å². The quantitative estimate of drug-likeness (QED) is 0.901. The van der Waals surface area contributed by atoms with Gasteiger partial charge in [-0.05, 0) is 31.2 Å². The van der Waals surface area contributed by atoms with Gasteiger partial charge < -0.3 is 10.1 Å². The summed E-state index contributed by atoms with van der Waals surface area (Å²) < 4.78 is 5.03. The third kappa shape index (κ3) is 3.38. The summed E-state index contributed by atoms with van der Waals surface area (Å²) in [5.41, 5.74) is 1.81. The van der Waals surface area contributed by atoms with Crippen LogP contribution in [0.3, 0.4) is 0 Å². The van der Waals surface area contributed by atoms with Gasteiger partial charge in [-0.3, -0.25) is 4.79 Å². The van der Waals surface area contributed by atoms with Crippen LogP contribution in [-0.4, -0.2) is 24.1 Å². The molecule has 18 heavy (non-hydrogen) atoms. The van der Waals surface area contributed by atoms with Crippen molar-refractivity contribution >= 4 is 22.9 Å². The van der Waals surface area contributed by atoms with Crippen molar-refractivity contribution < 1.29 is 9.53 Å². The topological polar surface area (TPSA) is 51.2 Å². The largest absolute Gasteiger partial charge is 0.372 e. The lowest BCUT2D eigenvalue weighted by Gasteiger charge is -2.05. The highest BCUT2D eigenvalue weighted by Gasteiger charge is 2.03. The van der Waals surface area contributed by atoms with Crippen LogP contribution in [0.4, 0.5) is 5.69 Å². The number of nitrogens with one attached hydrogen (secondary N) is 1. The minimum atomic E-state index is -0.140. The van der Waals surface area contributed by atoms with Gasteiger partial charge in [0, 0.05) is 29.4 Å². The SMILES string of the molecule is CCOCC(=O)Nc1ccc(-c2nccs2)cc1. The Morgan fingerprint density at radius 2 is 2.17 bits per heavy atom. The molecular formula is C13H14N2O2S. The van der Waals surface area contributed by atoms with Crippen LogP contribution in [0, 0.1) is 0 Å². The molecule has 1 aromatic carbocycles. The van der Waals surface area contributed by atoms with E-state index >= 15 is 0 Å². The standard InChI is InChI=1S/C13H14N2O2S/c1-2-17-9-12(16)15-11-5-3-10(4-6-11)13-14-7-8-18-13/h3-8H,2,9H2,1H3,(H,15,16). The summed E-state index contributed by atoms with van der Waals surface area (Å²) >= 11 is 1.59. The monoisotopic (exact) mass is 262 g/mol. The third-order valence-corrected chi connectivity index (χ3v) is 3.11. The molecule has 1 aromatic heterocycles. The Balaban J connectivity index is 1.98. The highest BCUT2D eigenvalue weighted by atomic mass is 32.1. The minimum Gasteiger partial charge on any atom is -0.372 e. The Hall–Kier alpha value is -1.72. The van der Waals surface area contributed by atoms with Crippen LogP contribution in [0.5, 0.6) is 0 Å². The maximum Gasteiger partial charge on any atom is 0.250 e. The highest BCUT2D eigenvalue weighted by molar-refractivity contribution is 7.13. The number of amides is 1. The average molecular weight is 262 g/mol. The number of rotatable bonds is 5. The molecule has 0 spiro atoms. The normalized spacial score (nSPS) is 10.3. The zero-order valence-electron chi connectivity index (χ0n) is 10.1. The number of hydrogen-bond acceptors (Lipinski definition) is 4. The number of ether oxygens (including phenoxy) is 1. The molecule has 0 aliphatic rings. The van der Waals surface area contributed by atoms with Crippen molar-refractivity contribution in [1.82, 2.24) is 4.98 Å². The van der Waals surface area contributed by atoms with Gasteiger partial charge >= 0.3 is 0 Å². The third-order valence-electron chi connectivity index (χ3n) is 2.29. The van der Waals surface area contributed by atoms with Gasteiger partial charge in [0.2, 0.25) is 5.91 Å². The number of aromatic nitrogens is 1. The van der Waals surface area contributed by atoms with Crippen molar-refractivity contribution in [3.05, 3.63) is 35.8 Å². The van der Waals surface area contributed by atoms with E-state index in [9.17, 15) is 4.79 Å². The average Bonchev–Trinajstić information content (AvgIpc) is 2.91. The maximum atomic E-state index is 11.4. The van der Waals surface area contributed by atoms with E-state index < -0.39 is 0 Å². The van der Waals surface area contributed by atoms with Crippen molar-refractivity contribution in [2.75, 3.05) is 18.5 Å². The molecule has 0 aliphatic heterocycles. The molecule has 0 radical (unpaired) electrons. The first-order valence-corrected chi connectivity index (χ1v) is 6.55. The fourth-order valence-corrected chi connectivity index (χ4v) is 2.10. The highest BCUT2D eigenvalue weighted by Crippen LogP contribution is 2.23. The molecule has 1 amide bonds. The summed E-state index contributed by atoms with van der Waals surface area (Å²) in [6.45, 7) is 2.48. The van der Waals surface area contributed by atoms with Crippen LogP contribution >= 0.6 is 11.3 Å². The lowest BCUT2D eigenvalue weighted by atomic mass is 10.2. The molecule has 1 heterocycles. The van der Waals surface area contributed by atoms with Crippen molar-refractivity contribution in [2.45, 2.75) is 6.92 Å². The summed E-state index contributed by atoms with van der Waals surface area (Å²) in [4.78, 5) is 15.7. The van der Waals surface area contributed by atoms with Gasteiger partial charge in [0.15, 0.2) is 0 Å². The van der Waals surface area contributed by atoms with E-state index in [0.717, 1.165) is 16.3 Å². The Bertz CT molecular complexity index is 494. The van der Waals surface area contributed by atoms with Crippen LogP contribution in [-0.2, 0) is 9.53 Å². The predicted molar refractivity (Wildman–Crippen MR) is 72.7 cm³/mol.